The van der Waals surface area contributed by atoms with Crippen LogP contribution in [-0.2, 0) is 4.57 Å². The Morgan fingerprint density at radius 1 is 0.871 bits per heavy atom. The van der Waals surface area contributed by atoms with Gasteiger partial charge in [-0.25, -0.2) is 13.8 Å². The van der Waals surface area contributed by atoms with E-state index in [1.165, 1.54) is 34.9 Å². The quantitative estimate of drug-likeness (QED) is 0.373. The highest BCUT2D eigenvalue weighted by atomic mass is 35.5. The van der Waals surface area contributed by atoms with Gasteiger partial charge in [0.05, 0.1) is 21.4 Å². The molecule has 4 rings (SSSR count). The summed E-state index contributed by atoms with van der Waals surface area (Å²) in [6.07, 6.45) is 0. The molecule has 5 nitrogen and oxygen atoms in total. The number of hydrogen-bond donors (Lipinski definition) is 2. The van der Waals surface area contributed by atoms with Gasteiger partial charge in [0.1, 0.15) is 11.6 Å². The molecule has 10 heteroatoms. The molecule has 3 aromatic carbocycles. The lowest BCUT2D eigenvalue weighted by atomic mass is 10.1. The van der Waals surface area contributed by atoms with Crippen LogP contribution in [0.1, 0.15) is 0 Å². The van der Waals surface area contributed by atoms with E-state index in [2.05, 4.69) is 4.98 Å². The van der Waals surface area contributed by atoms with Crippen LogP contribution < -0.4 is 5.44 Å². The van der Waals surface area contributed by atoms with Crippen LogP contribution in [0.3, 0.4) is 0 Å². The molecule has 0 atom stereocenters. The van der Waals surface area contributed by atoms with E-state index in [1.54, 1.807) is 30.3 Å². The first-order valence-corrected chi connectivity index (χ1v) is 11.2. The molecule has 4 aromatic rings. The summed E-state index contributed by atoms with van der Waals surface area (Å²) in [5.41, 5.74) is -0.215. The van der Waals surface area contributed by atoms with Crippen molar-refractivity contribution in [3.05, 3.63) is 88.4 Å². The molecule has 0 aliphatic carbocycles. The van der Waals surface area contributed by atoms with Gasteiger partial charge in [-0.05, 0) is 30.3 Å². The van der Waals surface area contributed by atoms with E-state index in [0.717, 1.165) is 6.07 Å². The van der Waals surface area contributed by atoms with Crippen molar-refractivity contribution in [2.24, 2.45) is 0 Å². The Morgan fingerprint density at radius 3 is 2.23 bits per heavy atom. The fourth-order valence-electron chi connectivity index (χ4n) is 3.19. The average Bonchev–Trinajstić information content (AvgIpc) is 3.14. The van der Waals surface area contributed by atoms with Crippen LogP contribution in [-0.4, -0.2) is 19.3 Å². The van der Waals surface area contributed by atoms with Crippen LogP contribution in [0.15, 0.2) is 66.7 Å². The molecule has 0 aliphatic rings. The van der Waals surface area contributed by atoms with Gasteiger partial charge >= 0.3 is 7.60 Å². The maximum Gasteiger partial charge on any atom is 0.376 e. The lowest BCUT2D eigenvalue weighted by Crippen LogP contribution is -2.11. The molecule has 0 amide bonds. The van der Waals surface area contributed by atoms with Crippen LogP contribution >= 0.6 is 30.8 Å². The lowest BCUT2D eigenvalue weighted by molar-refractivity contribution is 0.386. The monoisotopic (exact) mass is 480 g/mol. The Hall–Kier alpha value is -2.54. The van der Waals surface area contributed by atoms with Crippen molar-refractivity contribution in [3.8, 4) is 28.3 Å². The van der Waals surface area contributed by atoms with Crippen molar-refractivity contribution in [2.75, 3.05) is 0 Å². The highest BCUT2D eigenvalue weighted by Crippen LogP contribution is 2.42. The lowest BCUT2D eigenvalue weighted by Gasteiger charge is -2.15. The Balaban J connectivity index is 2.18. The molecule has 31 heavy (non-hydrogen) atoms. The third-order valence-corrected chi connectivity index (χ3v) is 5.98. The number of hydrogen-bond acceptors (Lipinski definition) is 2. The van der Waals surface area contributed by atoms with E-state index in [0.29, 0.717) is 5.56 Å². The van der Waals surface area contributed by atoms with E-state index >= 15 is 4.39 Å². The molecule has 1 aromatic heterocycles. The molecule has 0 saturated heterocycles. The molecule has 0 radical (unpaired) electrons. The van der Waals surface area contributed by atoms with Crippen molar-refractivity contribution in [3.63, 3.8) is 0 Å². The Bertz CT molecular complexity index is 1340. The maximum atomic E-state index is 15.1. The predicted molar refractivity (Wildman–Crippen MR) is 116 cm³/mol. The minimum atomic E-state index is -4.95. The van der Waals surface area contributed by atoms with Crippen molar-refractivity contribution in [1.29, 1.82) is 0 Å². The molecular weight excluding hydrogens is 468 g/mol. The number of imidazole rings is 1. The number of benzene rings is 3. The number of nitrogens with zero attached hydrogens (tertiary/aromatic N) is 2. The second kappa shape index (κ2) is 8.19. The average molecular weight is 481 g/mol. The Morgan fingerprint density at radius 2 is 1.58 bits per heavy atom. The van der Waals surface area contributed by atoms with E-state index in [1.807, 2.05) is 0 Å². The summed E-state index contributed by atoms with van der Waals surface area (Å²) in [6, 6.07) is 16.2. The summed E-state index contributed by atoms with van der Waals surface area (Å²) in [5.74, 6) is -1.47. The van der Waals surface area contributed by atoms with Crippen molar-refractivity contribution >= 4 is 36.2 Å². The van der Waals surface area contributed by atoms with Crippen LogP contribution in [0, 0.1) is 11.6 Å². The number of halogens is 4. The van der Waals surface area contributed by atoms with Crippen molar-refractivity contribution in [1.82, 2.24) is 9.55 Å². The molecule has 158 valence electrons. The molecule has 2 N–H and O–H groups in total. The zero-order chi connectivity index (χ0) is 22.3. The van der Waals surface area contributed by atoms with Crippen molar-refractivity contribution < 1.29 is 23.1 Å². The second-order valence-corrected chi connectivity index (χ2v) is 8.88. The van der Waals surface area contributed by atoms with Crippen LogP contribution in [0.25, 0.3) is 28.3 Å². The van der Waals surface area contributed by atoms with E-state index in [9.17, 15) is 18.7 Å². The van der Waals surface area contributed by atoms with Gasteiger partial charge in [-0.15, -0.1) is 0 Å². The van der Waals surface area contributed by atoms with Crippen LogP contribution in [0.5, 0.6) is 0 Å². The topological polar surface area (TPSA) is 75.3 Å². The standard InChI is InChI=1S/C21H13Cl2F2N2O3P/c22-14-7-4-8-17(18(14)25)27-19(13-9-10-16(24)15(23)11-13)21(31(28,29)30)26-20(27)12-5-2-1-3-6-12/h1-11H,(H2,28,29,30). The molecule has 0 aliphatic heterocycles. The normalized spacial score (nSPS) is 11.7. The first-order chi connectivity index (χ1) is 14.7. The van der Waals surface area contributed by atoms with Crippen LogP contribution in [0.2, 0.25) is 10.0 Å². The summed E-state index contributed by atoms with van der Waals surface area (Å²) >= 11 is 11.9. The van der Waals surface area contributed by atoms with E-state index in [4.69, 9.17) is 23.2 Å². The van der Waals surface area contributed by atoms with Gasteiger partial charge in [-0.2, -0.15) is 0 Å². The minimum absolute atomic E-state index is 0.0653. The largest absolute Gasteiger partial charge is 0.376 e. The van der Waals surface area contributed by atoms with E-state index < -0.39 is 24.7 Å². The summed E-state index contributed by atoms with van der Waals surface area (Å²) in [7, 11) is -4.95. The van der Waals surface area contributed by atoms with E-state index in [-0.39, 0.29) is 32.8 Å². The summed E-state index contributed by atoms with van der Waals surface area (Å²) in [6.45, 7) is 0. The first-order valence-electron chi connectivity index (χ1n) is 8.82. The summed E-state index contributed by atoms with van der Waals surface area (Å²) in [5, 5.41) is -0.458. The molecule has 0 bridgehead atoms. The third kappa shape index (κ3) is 4.03. The molecule has 1 heterocycles. The van der Waals surface area contributed by atoms with Crippen molar-refractivity contribution in [2.45, 2.75) is 0 Å². The predicted octanol–water partition coefficient (Wildman–Crippen LogP) is 5.59. The number of aromatic nitrogens is 2. The highest BCUT2D eigenvalue weighted by Gasteiger charge is 2.33. The molecule has 0 unspecified atom stereocenters. The second-order valence-electron chi connectivity index (χ2n) is 6.55. The van der Waals surface area contributed by atoms with Gasteiger partial charge in [-0.1, -0.05) is 59.6 Å². The van der Waals surface area contributed by atoms with Gasteiger partial charge < -0.3 is 9.79 Å². The maximum absolute atomic E-state index is 15.1. The Labute approximate surface area is 185 Å². The zero-order valence-electron chi connectivity index (χ0n) is 15.5. The molecule has 0 saturated carbocycles. The third-order valence-electron chi connectivity index (χ3n) is 4.53. The van der Waals surface area contributed by atoms with Crippen LogP contribution in [0.4, 0.5) is 8.78 Å². The number of rotatable bonds is 4. The fraction of sp³-hybridized carbons (Fsp3) is 0. The minimum Gasteiger partial charge on any atom is -0.320 e. The summed E-state index contributed by atoms with van der Waals surface area (Å²) in [4.78, 5) is 24.2. The first kappa shape index (κ1) is 21.7. The van der Waals surface area contributed by atoms with Gasteiger partial charge in [0.2, 0.25) is 0 Å². The smallest absolute Gasteiger partial charge is 0.320 e. The Kier molecular flexibility index (Phi) is 5.73. The zero-order valence-corrected chi connectivity index (χ0v) is 17.9. The molecule has 0 spiro atoms. The van der Waals surface area contributed by atoms with Gasteiger partial charge in [0, 0.05) is 11.1 Å². The van der Waals surface area contributed by atoms with Gasteiger partial charge in [0.15, 0.2) is 11.3 Å². The van der Waals surface area contributed by atoms with Gasteiger partial charge in [0.25, 0.3) is 0 Å². The summed E-state index contributed by atoms with van der Waals surface area (Å²) < 4.78 is 42.4. The van der Waals surface area contributed by atoms with Gasteiger partial charge in [-0.3, -0.25) is 9.13 Å². The SMILES string of the molecule is O=P(O)(O)c1nc(-c2ccccc2)n(-c2cccc(Cl)c2F)c1-c1ccc(F)c(Cl)c1. The highest BCUT2D eigenvalue weighted by molar-refractivity contribution is 7.60. The fourth-order valence-corrected chi connectivity index (χ4v) is 4.27. The molecular formula is C21H13Cl2F2N2O3P. The molecule has 0 fully saturated rings.